The smallest absolute Gasteiger partial charge is 0.0930 e. The van der Waals surface area contributed by atoms with Crippen LogP contribution in [0.2, 0.25) is 0 Å². The van der Waals surface area contributed by atoms with Crippen molar-refractivity contribution in [3.63, 3.8) is 0 Å². The van der Waals surface area contributed by atoms with Crippen molar-refractivity contribution in [1.82, 2.24) is 0 Å². The molecule has 13 heavy (non-hydrogen) atoms. The molecule has 0 atom stereocenters. The van der Waals surface area contributed by atoms with E-state index >= 15 is 0 Å². The van der Waals surface area contributed by atoms with Crippen molar-refractivity contribution in [2.45, 2.75) is 33.3 Å². The SMILES string of the molecule is CCc1ccc(CON)cc1CC. The maximum atomic E-state index is 5.02. The number of aryl methyl sites for hydroxylation is 2. The standard InChI is InChI=1S/C11H17NO/c1-3-10-6-5-9(8-13-12)7-11(10)4-2/h5-7H,3-4,8,12H2,1-2H3. The van der Waals surface area contributed by atoms with Crippen LogP contribution in [0.25, 0.3) is 0 Å². The summed E-state index contributed by atoms with van der Waals surface area (Å²) < 4.78 is 0. The number of hydrogen-bond donors (Lipinski definition) is 1. The molecule has 0 aliphatic heterocycles. The third-order valence-corrected chi connectivity index (χ3v) is 2.28. The minimum absolute atomic E-state index is 0.497. The molecule has 2 nitrogen and oxygen atoms in total. The van der Waals surface area contributed by atoms with E-state index in [1.165, 1.54) is 11.1 Å². The molecule has 2 heteroatoms. The van der Waals surface area contributed by atoms with Crippen LogP contribution in [0.15, 0.2) is 18.2 Å². The molecule has 0 aliphatic carbocycles. The van der Waals surface area contributed by atoms with Crippen LogP contribution in [0, 0.1) is 0 Å². The summed E-state index contributed by atoms with van der Waals surface area (Å²) >= 11 is 0. The second-order valence-corrected chi connectivity index (χ2v) is 3.12. The Morgan fingerprint density at radius 2 is 1.85 bits per heavy atom. The maximum Gasteiger partial charge on any atom is 0.0930 e. The van der Waals surface area contributed by atoms with E-state index < -0.39 is 0 Å². The first kappa shape index (κ1) is 10.2. The molecule has 0 amide bonds. The van der Waals surface area contributed by atoms with Gasteiger partial charge in [0.1, 0.15) is 0 Å². The van der Waals surface area contributed by atoms with Gasteiger partial charge in [-0.1, -0.05) is 32.0 Å². The zero-order chi connectivity index (χ0) is 9.68. The highest BCUT2D eigenvalue weighted by atomic mass is 16.6. The highest BCUT2D eigenvalue weighted by Crippen LogP contribution is 2.13. The highest BCUT2D eigenvalue weighted by molar-refractivity contribution is 5.31. The molecule has 0 aromatic heterocycles. The average Bonchev–Trinajstić information content (AvgIpc) is 2.18. The Balaban J connectivity index is 2.91. The number of rotatable bonds is 4. The Morgan fingerprint density at radius 3 is 2.38 bits per heavy atom. The third kappa shape index (κ3) is 2.54. The van der Waals surface area contributed by atoms with Gasteiger partial charge in [-0.15, -0.1) is 0 Å². The predicted molar refractivity (Wildman–Crippen MR) is 54.2 cm³/mol. The van der Waals surface area contributed by atoms with E-state index in [1.807, 2.05) is 0 Å². The van der Waals surface area contributed by atoms with Crippen LogP contribution >= 0.6 is 0 Å². The van der Waals surface area contributed by atoms with E-state index in [2.05, 4.69) is 36.9 Å². The average molecular weight is 179 g/mol. The number of benzene rings is 1. The summed E-state index contributed by atoms with van der Waals surface area (Å²) in [6, 6.07) is 6.41. The van der Waals surface area contributed by atoms with Crippen molar-refractivity contribution < 1.29 is 4.84 Å². The summed E-state index contributed by atoms with van der Waals surface area (Å²) in [5.41, 5.74) is 3.97. The van der Waals surface area contributed by atoms with Gasteiger partial charge >= 0.3 is 0 Å². The van der Waals surface area contributed by atoms with E-state index in [4.69, 9.17) is 5.90 Å². The van der Waals surface area contributed by atoms with E-state index in [9.17, 15) is 0 Å². The molecular weight excluding hydrogens is 162 g/mol. The van der Waals surface area contributed by atoms with Gasteiger partial charge in [-0.2, -0.15) is 0 Å². The monoisotopic (exact) mass is 179 g/mol. The van der Waals surface area contributed by atoms with Crippen molar-refractivity contribution in [2.24, 2.45) is 5.90 Å². The van der Waals surface area contributed by atoms with Crippen molar-refractivity contribution in [2.75, 3.05) is 0 Å². The van der Waals surface area contributed by atoms with Gasteiger partial charge in [-0.25, -0.2) is 5.90 Å². The minimum atomic E-state index is 0.497. The summed E-state index contributed by atoms with van der Waals surface area (Å²) in [4.78, 5) is 4.60. The van der Waals surface area contributed by atoms with E-state index in [0.717, 1.165) is 18.4 Å². The number of hydrogen-bond acceptors (Lipinski definition) is 2. The van der Waals surface area contributed by atoms with Gasteiger partial charge in [-0.05, 0) is 29.5 Å². The summed E-state index contributed by atoms with van der Waals surface area (Å²) in [6.07, 6.45) is 2.16. The van der Waals surface area contributed by atoms with Gasteiger partial charge in [0.15, 0.2) is 0 Å². The van der Waals surface area contributed by atoms with Crippen molar-refractivity contribution in [3.05, 3.63) is 34.9 Å². The Labute approximate surface area is 79.7 Å². The van der Waals surface area contributed by atoms with E-state index in [0.29, 0.717) is 6.61 Å². The lowest BCUT2D eigenvalue weighted by Crippen LogP contribution is -2.00. The normalized spacial score (nSPS) is 10.4. The maximum absolute atomic E-state index is 5.02. The van der Waals surface area contributed by atoms with Gasteiger partial charge in [0.05, 0.1) is 6.61 Å². The molecule has 1 rings (SSSR count). The third-order valence-electron chi connectivity index (χ3n) is 2.28. The Hall–Kier alpha value is -0.860. The van der Waals surface area contributed by atoms with E-state index in [1.54, 1.807) is 0 Å². The van der Waals surface area contributed by atoms with Gasteiger partial charge in [0.2, 0.25) is 0 Å². The molecule has 0 spiro atoms. The van der Waals surface area contributed by atoms with Crippen LogP contribution in [0.5, 0.6) is 0 Å². The minimum Gasteiger partial charge on any atom is -0.300 e. The molecule has 2 N–H and O–H groups in total. The van der Waals surface area contributed by atoms with Crippen LogP contribution in [-0.2, 0) is 24.3 Å². The largest absolute Gasteiger partial charge is 0.300 e. The zero-order valence-electron chi connectivity index (χ0n) is 8.34. The second-order valence-electron chi connectivity index (χ2n) is 3.12. The van der Waals surface area contributed by atoms with Crippen LogP contribution < -0.4 is 5.90 Å². The lowest BCUT2D eigenvalue weighted by molar-refractivity contribution is 0.124. The zero-order valence-corrected chi connectivity index (χ0v) is 8.34. The molecule has 1 aromatic carbocycles. The first-order valence-electron chi connectivity index (χ1n) is 4.74. The molecule has 0 bridgehead atoms. The summed E-state index contributed by atoms with van der Waals surface area (Å²) in [6.45, 7) is 4.84. The van der Waals surface area contributed by atoms with Crippen molar-refractivity contribution in [3.8, 4) is 0 Å². The molecule has 0 fully saturated rings. The molecule has 0 saturated carbocycles. The quantitative estimate of drug-likeness (QED) is 0.719. The first-order valence-corrected chi connectivity index (χ1v) is 4.74. The van der Waals surface area contributed by atoms with Crippen molar-refractivity contribution >= 4 is 0 Å². The molecule has 72 valence electrons. The van der Waals surface area contributed by atoms with Crippen molar-refractivity contribution in [1.29, 1.82) is 0 Å². The highest BCUT2D eigenvalue weighted by Gasteiger charge is 2.00. The summed E-state index contributed by atoms with van der Waals surface area (Å²) in [7, 11) is 0. The predicted octanol–water partition coefficient (Wildman–Crippen LogP) is 2.20. The Kier molecular flexibility index (Phi) is 3.93. The molecule has 0 unspecified atom stereocenters. The van der Waals surface area contributed by atoms with Crippen LogP contribution in [-0.4, -0.2) is 0 Å². The fraction of sp³-hybridized carbons (Fsp3) is 0.455. The van der Waals surface area contributed by atoms with Crippen LogP contribution in [0.1, 0.15) is 30.5 Å². The van der Waals surface area contributed by atoms with Crippen LogP contribution in [0.3, 0.4) is 0 Å². The molecule has 0 radical (unpaired) electrons. The Bertz CT molecular complexity index is 271. The molecule has 0 saturated heterocycles. The molecule has 0 aliphatic rings. The van der Waals surface area contributed by atoms with Gasteiger partial charge in [0.25, 0.3) is 0 Å². The summed E-state index contributed by atoms with van der Waals surface area (Å²) in [5.74, 6) is 5.02. The molecule has 0 heterocycles. The fourth-order valence-electron chi connectivity index (χ4n) is 1.54. The second kappa shape index (κ2) is 5.00. The lowest BCUT2D eigenvalue weighted by atomic mass is 10.0. The lowest BCUT2D eigenvalue weighted by Gasteiger charge is -2.07. The van der Waals surface area contributed by atoms with E-state index in [-0.39, 0.29) is 0 Å². The topological polar surface area (TPSA) is 35.2 Å². The molecular formula is C11H17NO. The van der Waals surface area contributed by atoms with Gasteiger partial charge in [0, 0.05) is 0 Å². The van der Waals surface area contributed by atoms with Gasteiger partial charge < -0.3 is 0 Å². The van der Waals surface area contributed by atoms with Gasteiger partial charge in [-0.3, -0.25) is 4.84 Å². The van der Waals surface area contributed by atoms with Crippen LogP contribution in [0.4, 0.5) is 0 Å². The number of nitrogens with two attached hydrogens (primary N) is 1. The molecule has 1 aromatic rings. The Morgan fingerprint density at radius 1 is 1.15 bits per heavy atom. The first-order chi connectivity index (χ1) is 6.31. The fourth-order valence-corrected chi connectivity index (χ4v) is 1.54. The summed E-state index contributed by atoms with van der Waals surface area (Å²) in [5, 5.41) is 0.